The number of hydrogen-bond acceptors (Lipinski definition) is 6. The average molecular weight is 320 g/mol. The van der Waals surface area contributed by atoms with Gasteiger partial charge in [-0.25, -0.2) is 0 Å². The highest BCUT2D eigenvalue weighted by Crippen LogP contribution is 2.33. The van der Waals surface area contributed by atoms with Gasteiger partial charge in [0.25, 0.3) is 0 Å². The van der Waals surface area contributed by atoms with Crippen LogP contribution in [0.3, 0.4) is 0 Å². The molecule has 1 heterocycles. The predicted octanol–water partition coefficient (Wildman–Crippen LogP) is 3.32. The zero-order valence-electron chi connectivity index (χ0n) is 12.6. The van der Waals surface area contributed by atoms with Crippen molar-refractivity contribution < 1.29 is 0 Å². The molecule has 0 saturated heterocycles. The second kappa shape index (κ2) is 6.34. The molecule has 21 heavy (non-hydrogen) atoms. The Morgan fingerprint density at radius 3 is 2.76 bits per heavy atom. The lowest BCUT2D eigenvalue weighted by atomic mass is 10.1. The van der Waals surface area contributed by atoms with Gasteiger partial charge in [0.15, 0.2) is 4.34 Å². The second-order valence-electron chi connectivity index (χ2n) is 5.59. The van der Waals surface area contributed by atoms with Crippen LogP contribution in [-0.2, 0) is 6.54 Å². The third-order valence-electron chi connectivity index (χ3n) is 3.46. The van der Waals surface area contributed by atoms with Gasteiger partial charge in [-0.2, -0.15) is 0 Å². The largest absolute Gasteiger partial charge is 0.353 e. The molecule has 0 spiro atoms. The van der Waals surface area contributed by atoms with E-state index in [0.29, 0.717) is 0 Å². The quantitative estimate of drug-likeness (QED) is 0.884. The fourth-order valence-corrected chi connectivity index (χ4v) is 3.83. The van der Waals surface area contributed by atoms with Crippen molar-refractivity contribution in [2.75, 3.05) is 19.0 Å². The molecule has 0 amide bonds. The first-order chi connectivity index (χ1) is 10.1. The van der Waals surface area contributed by atoms with E-state index < -0.39 is 0 Å². The molecule has 4 nitrogen and oxygen atoms in total. The first-order valence-corrected chi connectivity index (χ1v) is 8.77. The van der Waals surface area contributed by atoms with E-state index in [4.69, 9.17) is 0 Å². The molecule has 0 bridgehead atoms. The molecule has 6 heteroatoms. The maximum Gasteiger partial charge on any atom is 0.208 e. The number of anilines is 1. The Kier molecular flexibility index (Phi) is 4.47. The second-order valence-corrected chi connectivity index (χ2v) is 7.87. The summed E-state index contributed by atoms with van der Waals surface area (Å²) in [6.07, 6.45) is 2.66. The Labute approximate surface area is 134 Å². The summed E-state index contributed by atoms with van der Waals surface area (Å²) in [4.78, 5) is 3.21. The van der Waals surface area contributed by atoms with E-state index in [1.165, 1.54) is 28.9 Å². The Morgan fingerprint density at radius 1 is 1.33 bits per heavy atom. The number of benzene rings is 1. The lowest BCUT2D eigenvalue weighted by molar-refractivity contribution is 0.685. The van der Waals surface area contributed by atoms with Crippen LogP contribution in [0.2, 0.25) is 0 Å². The minimum atomic E-state index is 0.754. The van der Waals surface area contributed by atoms with Crippen LogP contribution in [0.5, 0.6) is 0 Å². The molecule has 3 rings (SSSR count). The highest BCUT2D eigenvalue weighted by Gasteiger charge is 2.20. The smallest absolute Gasteiger partial charge is 0.208 e. The zero-order chi connectivity index (χ0) is 14.8. The van der Waals surface area contributed by atoms with Gasteiger partial charge in [0.05, 0.1) is 0 Å². The Balaban J connectivity index is 1.65. The Bertz CT molecular complexity index is 620. The monoisotopic (exact) mass is 320 g/mol. The number of aryl methyl sites for hydroxylation is 1. The van der Waals surface area contributed by atoms with Crippen molar-refractivity contribution in [1.29, 1.82) is 0 Å². The molecule has 0 aliphatic heterocycles. The van der Waals surface area contributed by atoms with Gasteiger partial charge >= 0.3 is 0 Å². The maximum absolute atomic E-state index is 4.23. The van der Waals surface area contributed by atoms with Crippen LogP contribution in [0.25, 0.3) is 0 Å². The molecular weight excluding hydrogens is 300 g/mol. The molecule has 112 valence electrons. The molecule has 1 aromatic heterocycles. The van der Waals surface area contributed by atoms with Gasteiger partial charge in [-0.05, 0) is 43.0 Å². The van der Waals surface area contributed by atoms with Crippen LogP contribution in [-0.4, -0.2) is 30.3 Å². The van der Waals surface area contributed by atoms with Gasteiger partial charge in [-0.15, -0.1) is 10.2 Å². The molecule has 0 unspecified atom stereocenters. The Morgan fingerprint density at radius 2 is 2.14 bits per heavy atom. The number of aromatic nitrogens is 2. The molecule has 2 aromatic rings. The highest BCUT2D eigenvalue weighted by molar-refractivity contribution is 8.01. The van der Waals surface area contributed by atoms with Gasteiger partial charge in [0.1, 0.15) is 0 Å². The zero-order valence-corrected chi connectivity index (χ0v) is 14.2. The van der Waals surface area contributed by atoms with Crippen LogP contribution in [0.15, 0.2) is 27.4 Å². The lowest BCUT2D eigenvalue weighted by Gasteiger charge is -2.08. The summed E-state index contributed by atoms with van der Waals surface area (Å²) in [6.45, 7) is 3.16. The van der Waals surface area contributed by atoms with E-state index in [1.54, 1.807) is 23.1 Å². The summed E-state index contributed by atoms with van der Waals surface area (Å²) in [5.74, 6) is 0. The van der Waals surface area contributed by atoms with Gasteiger partial charge in [0, 0.05) is 31.6 Å². The van der Waals surface area contributed by atoms with Crippen molar-refractivity contribution in [3.8, 4) is 0 Å². The van der Waals surface area contributed by atoms with Gasteiger partial charge in [-0.1, -0.05) is 29.2 Å². The summed E-state index contributed by atoms with van der Waals surface area (Å²) >= 11 is 3.31. The summed E-state index contributed by atoms with van der Waals surface area (Å²) in [5.41, 5.74) is 2.72. The van der Waals surface area contributed by atoms with Crippen molar-refractivity contribution in [2.24, 2.45) is 0 Å². The van der Waals surface area contributed by atoms with Crippen LogP contribution in [0.4, 0.5) is 5.13 Å². The minimum Gasteiger partial charge on any atom is -0.353 e. The summed E-state index contributed by atoms with van der Waals surface area (Å²) in [5, 5.41) is 12.9. The predicted molar refractivity (Wildman–Crippen MR) is 89.4 cm³/mol. The summed E-state index contributed by atoms with van der Waals surface area (Å²) in [6, 6.07) is 7.40. The van der Waals surface area contributed by atoms with Crippen LogP contribution >= 0.6 is 23.1 Å². The van der Waals surface area contributed by atoms with Crippen LogP contribution < -0.4 is 10.2 Å². The first-order valence-electron chi connectivity index (χ1n) is 7.13. The van der Waals surface area contributed by atoms with Crippen LogP contribution in [0, 0.1) is 6.92 Å². The van der Waals surface area contributed by atoms with Gasteiger partial charge < -0.3 is 10.2 Å². The van der Waals surface area contributed by atoms with Gasteiger partial charge in [0.2, 0.25) is 5.13 Å². The minimum absolute atomic E-state index is 0.754. The molecule has 1 aliphatic rings. The van der Waals surface area contributed by atoms with Crippen molar-refractivity contribution in [2.45, 2.75) is 41.6 Å². The van der Waals surface area contributed by atoms with E-state index in [0.717, 1.165) is 22.1 Å². The molecule has 1 fully saturated rings. The number of rotatable bonds is 6. The third kappa shape index (κ3) is 3.96. The van der Waals surface area contributed by atoms with E-state index in [9.17, 15) is 0 Å². The molecular formula is C15H20N4S2. The number of nitrogens with zero attached hydrogens (tertiary/aromatic N) is 3. The standard InChI is InChI=1S/C15H20N4S2/c1-10-8-13(7-4-11(10)9-16-12-5-6-12)20-15-18-17-14(21-15)19(2)3/h4,7-8,12,16H,5-6,9H2,1-3H3. The molecule has 0 atom stereocenters. The summed E-state index contributed by atoms with van der Waals surface area (Å²) < 4.78 is 0.988. The third-order valence-corrected chi connectivity index (χ3v) is 5.59. The molecule has 0 radical (unpaired) electrons. The SMILES string of the molecule is Cc1cc(Sc2nnc(N(C)C)s2)ccc1CNC1CC1. The molecule has 1 N–H and O–H groups in total. The first kappa shape index (κ1) is 14.8. The van der Waals surface area contributed by atoms with Crippen molar-refractivity contribution >= 4 is 28.2 Å². The fourth-order valence-electron chi connectivity index (χ4n) is 2.00. The highest BCUT2D eigenvalue weighted by atomic mass is 32.2. The van der Waals surface area contributed by atoms with Crippen molar-refractivity contribution in [1.82, 2.24) is 15.5 Å². The number of hydrogen-bond donors (Lipinski definition) is 1. The van der Waals surface area contributed by atoms with Crippen molar-refractivity contribution in [3.63, 3.8) is 0 Å². The number of nitrogens with one attached hydrogen (secondary N) is 1. The fraction of sp³-hybridized carbons (Fsp3) is 0.467. The average Bonchev–Trinajstić information content (AvgIpc) is 3.15. The van der Waals surface area contributed by atoms with E-state index in [2.05, 4.69) is 40.6 Å². The molecule has 1 saturated carbocycles. The maximum atomic E-state index is 4.23. The van der Waals surface area contributed by atoms with E-state index in [1.807, 2.05) is 19.0 Å². The Hall–Kier alpha value is -1.11. The van der Waals surface area contributed by atoms with Crippen molar-refractivity contribution in [3.05, 3.63) is 29.3 Å². The van der Waals surface area contributed by atoms with Gasteiger partial charge in [-0.3, -0.25) is 0 Å². The normalized spacial score (nSPS) is 14.4. The molecule has 1 aliphatic carbocycles. The lowest BCUT2D eigenvalue weighted by Crippen LogP contribution is -2.15. The van der Waals surface area contributed by atoms with E-state index in [-0.39, 0.29) is 0 Å². The van der Waals surface area contributed by atoms with Crippen LogP contribution in [0.1, 0.15) is 24.0 Å². The topological polar surface area (TPSA) is 41.1 Å². The van der Waals surface area contributed by atoms with E-state index >= 15 is 0 Å². The summed E-state index contributed by atoms with van der Waals surface area (Å²) in [7, 11) is 3.97. The molecule has 1 aromatic carbocycles.